The van der Waals surface area contributed by atoms with Crippen LogP contribution in [0.25, 0.3) is 0 Å². The molecule has 0 radical (unpaired) electrons. The molecule has 0 aliphatic carbocycles. The van der Waals surface area contributed by atoms with Crippen molar-refractivity contribution in [1.82, 2.24) is 4.90 Å². The lowest BCUT2D eigenvalue weighted by molar-refractivity contribution is 0.0752. The van der Waals surface area contributed by atoms with E-state index >= 15 is 0 Å². The van der Waals surface area contributed by atoms with Crippen LogP contribution in [0.4, 0.5) is 5.69 Å². The van der Waals surface area contributed by atoms with Crippen LogP contribution in [0.5, 0.6) is 0 Å². The standard InChI is InChI=1S/C17H19BrN2O/c1-3-20(11-13-8-4-5-10-15(13)19)17(21)14-9-6-7-12(2)16(14)18/h4-10H,3,11,19H2,1-2H3. The molecule has 0 saturated carbocycles. The molecule has 1 amide bonds. The Morgan fingerprint density at radius 2 is 1.90 bits per heavy atom. The molecular formula is C17H19BrN2O. The summed E-state index contributed by atoms with van der Waals surface area (Å²) in [6.45, 7) is 5.10. The van der Waals surface area contributed by atoms with E-state index < -0.39 is 0 Å². The quantitative estimate of drug-likeness (QED) is 0.850. The van der Waals surface area contributed by atoms with Crippen LogP contribution in [0.3, 0.4) is 0 Å². The normalized spacial score (nSPS) is 10.4. The first-order valence-electron chi connectivity index (χ1n) is 6.92. The zero-order chi connectivity index (χ0) is 15.4. The fraction of sp³-hybridized carbons (Fsp3) is 0.235. The number of para-hydroxylation sites is 1. The average Bonchev–Trinajstić information content (AvgIpc) is 2.48. The highest BCUT2D eigenvalue weighted by Gasteiger charge is 2.18. The summed E-state index contributed by atoms with van der Waals surface area (Å²) < 4.78 is 0.856. The molecule has 0 saturated heterocycles. The number of anilines is 1. The van der Waals surface area contributed by atoms with Gasteiger partial charge in [-0.05, 0) is 53.0 Å². The van der Waals surface area contributed by atoms with Crippen molar-refractivity contribution < 1.29 is 4.79 Å². The van der Waals surface area contributed by atoms with E-state index in [4.69, 9.17) is 5.73 Å². The predicted octanol–water partition coefficient (Wildman–Crippen LogP) is 4.00. The number of carbonyl (C=O) groups is 1. The zero-order valence-electron chi connectivity index (χ0n) is 12.3. The number of benzene rings is 2. The molecule has 0 unspecified atom stereocenters. The van der Waals surface area contributed by atoms with Crippen molar-refractivity contribution in [1.29, 1.82) is 0 Å². The highest BCUT2D eigenvalue weighted by atomic mass is 79.9. The fourth-order valence-electron chi connectivity index (χ4n) is 2.19. The Labute approximate surface area is 133 Å². The van der Waals surface area contributed by atoms with Gasteiger partial charge in [-0.1, -0.05) is 30.3 Å². The molecule has 2 aromatic rings. The molecular weight excluding hydrogens is 328 g/mol. The van der Waals surface area contributed by atoms with E-state index in [9.17, 15) is 4.79 Å². The summed E-state index contributed by atoms with van der Waals surface area (Å²) in [5, 5.41) is 0. The first-order chi connectivity index (χ1) is 10.0. The summed E-state index contributed by atoms with van der Waals surface area (Å²) in [6.07, 6.45) is 0. The van der Waals surface area contributed by atoms with Gasteiger partial charge in [-0.3, -0.25) is 4.79 Å². The van der Waals surface area contributed by atoms with E-state index in [1.165, 1.54) is 0 Å². The van der Waals surface area contributed by atoms with Gasteiger partial charge in [-0.25, -0.2) is 0 Å². The lowest BCUT2D eigenvalue weighted by Gasteiger charge is -2.22. The fourth-order valence-corrected chi connectivity index (χ4v) is 2.63. The molecule has 0 bridgehead atoms. The summed E-state index contributed by atoms with van der Waals surface area (Å²) in [6, 6.07) is 13.4. The number of aryl methyl sites for hydroxylation is 1. The van der Waals surface area contributed by atoms with Gasteiger partial charge in [0.05, 0.1) is 5.56 Å². The number of carbonyl (C=O) groups excluding carboxylic acids is 1. The molecule has 2 N–H and O–H groups in total. The van der Waals surface area contributed by atoms with Crippen molar-refractivity contribution in [2.45, 2.75) is 20.4 Å². The minimum atomic E-state index is 0.0105. The number of amides is 1. The Bertz CT molecular complexity index is 655. The maximum atomic E-state index is 12.7. The topological polar surface area (TPSA) is 46.3 Å². The van der Waals surface area contributed by atoms with Crippen LogP contribution in [-0.4, -0.2) is 17.4 Å². The van der Waals surface area contributed by atoms with Crippen molar-refractivity contribution in [2.24, 2.45) is 0 Å². The van der Waals surface area contributed by atoms with Crippen LogP contribution in [0.1, 0.15) is 28.4 Å². The Hall–Kier alpha value is -1.81. The molecule has 110 valence electrons. The summed E-state index contributed by atoms with van der Waals surface area (Å²) in [4.78, 5) is 14.5. The Kier molecular flexibility index (Phi) is 5.02. The van der Waals surface area contributed by atoms with Crippen molar-refractivity contribution in [3.63, 3.8) is 0 Å². The van der Waals surface area contributed by atoms with E-state index in [0.717, 1.165) is 15.6 Å². The Morgan fingerprint density at radius 3 is 2.57 bits per heavy atom. The maximum absolute atomic E-state index is 12.7. The number of halogens is 1. The van der Waals surface area contributed by atoms with E-state index in [2.05, 4.69) is 15.9 Å². The number of nitrogen functional groups attached to an aromatic ring is 1. The molecule has 21 heavy (non-hydrogen) atoms. The van der Waals surface area contributed by atoms with Crippen molar-refractivity contribution in [3.05, 3.63) is 63.6 Å². The third kappa shape index (κ3) is 3.45. The third-order valence-corrected chi connectivity index (χ3v) is 4.56. The van der Waals surface area contributed by atoms with E-state index in [1.54, 1.807) is 4.90 Å². The van der Waals surface area contributed by atoms with Crippen molar-refractivity contribution in [2.75, 3.05) is 12.3 Å². The van der Waals surface area contributed by atoms with Gasteiger partial charge in [0.25, 0.3) is 5.91 Å². The third-order valence-electron chi connectivity index (χ3n) is 3.51. The van der Waals surface area contributed by atoms with Gasteiger partial charge in [-0.15, -0.1) is 0 Å². The summed E-state index contributed by atoms with van der Waals surface area (Å²) in [7, 11) is 0. The van der Waals surface area contributed by atoms with Crippen LogP contribution in [0, 0.1) is 6.92 Å². The van der Waals surface area contributed by atoms with Gasteiger partial charge >= 0.3 is 0 Å². The second kappa shape index (κ2) is 6.76. The average molecular weight is 347 g/mol. The molecule has 0 aliphatic heterocycles. The van der Waals surface area contributed by atoms with Crippen LogP contribution >= 0.6 is 15.9 Å². The monoisotopic (exact) mass is 346 g/mol. The molecule has 3 nitrogen and oxygen atoms in total. The smallest absolute Gasteiger partial charge is 0.255 e. The first-order valence-corrected chi connectivity index (χ1v) is 7.71. The summed E-state index contributed by atoms with van der Waals surface area (Å²) in [5.74, 6) is 0.0105. The van der Waals surface area contributed by atoms with Crippen LogP contribution in [0.2, 0.25) is 0 Å². The summed E-state index contributed by atoms with van der Waals surface area (Å²) in [5.41, 5.74) is 9.39. The van der Waals surface area contributed by atoms with E-state index in [-0.39, 0.29) is 5.91 Å². The second-order valence-electron chi connectivity index (χ2n) is 4.95. The molecule has 2 aromatic carbocycles. The molecule has 0 aliphatic rings. The first kappa shape index (κ1) is 15.6. The lowest BCUT2D eigenvalue weighted by atomic mass is 10.1. The Morgan fingerprint density at radius 1 is 1.19 bits per heavy atom. The van der Waals surface area contributed by atoms with Gasteiger partial charge in [0.1, 0.15) is 0 Å². The number of rotatable bonds is 4. The highest BCUT2D eigenvalue weighted by Crippen LogP contribution is 2.23. The number of hydrogen-bond acceptors (Lipinski definition) is 2. The van der Waals surface area contributed by atoms with Crippen LogP contribution in [0.15, 0.2) is 46.9 Å². The zero-order valence-corrected chi connectivity index (χ0v) is 13.9. The second-order valence-corrected chi connectivity index (χ2v) is 5.75. The van der Waals surface area contributed by atoms with Gasteiger partial charge in [0.15, 0.2) is 0 Å². The highest BCUT2D eigenvalue weighted by molar-refractivity contribution is 9.10. The molecule has 0 atom stereocenters. The van der Waals surface area contributed by atoms with Gasteiger partial charge in [-0.2, -0.15) is 0 Å². The van der Waals surface area contributed by atoms with Crippen LogP contribution < -0.4 is 5.73 Å². The van der Waals surface area contributed by atoms with Gasteiger partial charge in [0.2, 0.25) is 0 Å². The van der Waals surface area contributed by atoms with Gasteiger partial charge in [0, 0.05) is 23.2 Å². The van der Waals surface area contributed by atoms with Crippen molar-refractivity contribution in [3.8, 4) is 0 Å². The molecule has 0 spiro atoms. The van der Waals surface area contributed by atoms with E-state index in [1.807, 2.05) is 56.3 Å². The Balaban J connectivity index is 2.27. The van der Waals surface area contributed by atoms with E-state index in [0.29, 0.717) is 24.3 Å². The van der Waals surface area contributed by atoms with Crippen LogP contribution in [-0.2, 0) is 6.54 Å². The lowest BCUT2D eigenvalue weighted by Crippen LogP contribution is -2.31. The van der Waals surface area contributed by atoms with Crippen molar-refractivity contribution >= 4 is 27.5 Å². The molecule has 4 heteroatoms. The van der Waals surface area contributed by atoms with Gasteiger partial charge < -0.3 is 10.6 Å². The predicted molar refractivity (Wildman–Crippen MR) is 90.1 cm³/mol. The minimum Gasteiger partial charge on any atom is -0.398 e. The SMILES string of the molecule is CCN(Cc1ccccc1N)C(=O)c1cccc(C)c1Br. The summed E-state index contributed by atoms with van der Waals surface area (Å²) >= 11 is 3.51. The largest absolute Gasteiger partial charge is 0.398 e. The molecule has 0 heterocycles. The number of nitrogens with zero attached hydrogens (tertiary/aromatic N) is 1. The molecule has 2 rings (SSSR count). The maximum Gasteiger partial charge on any atom is 0.255 e. The molecule has 0 fully saturated rings. The number of hydrogen-bond donors (Lipinski definition) is 1. The molecule has 0 aromatic heterocycles. The minimum absolute atomic E-state index is 0.0105. The number of nitrogens with two attached hydrogens (primary N) is 1.